The van der Waals surface area contributed by atoms with Crippen molar-refractivity contribution in [1.29, 1.82) is 5.26 Å². The van der Waals surface area contributed by atoms with E-state index in [-0.39, 0.29) is 11.0 Å². The smallest absolute Gasteiger partial charge is 0.148 e. The SMILES string of the molecule is BC(Nc1cc(Cl)c2ncc(C#N)c(NCC(C)(C)C)c2c1)(C1=CN(C2CCN(C(C)(C)C)CC2)NN1)c1ccc(Cl)cc1. The number of benzene rings is 2. The largest absolute Gasteiger partial charge is 0.383 e. The Morgan fingerprint density at radius 1 is 1.07 bits per heavy atom. The number of nitrogens with zero attached hydrogens (tertiary/aromatic N) is 4. The van der Waals surface area contributed by atoms with E-state index in [1.165, 1.54) is 0 Å². The molecule has 3 heterocycles. The van der Waals surface area contributed by atoms with Crippen molar-refractivity contribution in [3.63, 3.8) is 0 Å². The number of anilines is 2. The molecule has 0 radical (unpaired) electrons. The van der Waals surface area contributed by atoms with Gasteiger partial charge in [-0.05, 0) is 68.9 Å². The third-order valence-electron chi connectivity index (χ3n) is 8.59. The molecule has 2 aliphatic heterocycles. The summed E-state index contributed by atoms with van der Waals surface area (Å²) in [4.78, 5) is 7.09. The standard InChI is InChI=1S/C33H43BCl2N8/c1-31(2,3)20-39-29-21(17-37)18-38-30-26(29)15-24(16-27(30)36)40-33(34,22-7-9-23(35)10-8-22)28-19-44(42-41-28)25-11-13-43(14-12-25)32(4,5)6/h7-10,15-16,18-19,25,40-42H,11-14,20,34H2,1-6H3,(H,38,39). The van der Waals surface area contributed by atoms with Gasteiger partial charge < -0.3 is 16.1 Å². The minimum absolute atomic E-state index is 0.0119. The van der Waals surface area contributed by atoms with Crippen molar-refractivity contribution in [2.45, 2.75) is 71.4 Å². The van der Waals surface area contributed by atoms with Crippen molar-refractivity contribution >= 4 is 53.3 Å². The number of pyridine rings is 1. The normalized spacial score (nSPS) is 18.0. The first-order valence-electron chi connectivity index (χ1n) is 15.3. The van der Waals surface area contributed by atoms with Crippen LogP contribution in [0.2, 0.25) is 10.0 Å². The van der Waals surface area contributed by atoms with Crippen LogP contribution in [0.1, 0.15) is 65.5 Å². The number of piperidine rings is 1. The molecule has 11 heteroatoms. The summed E-state index contributed by atoms with van der Waals surface area (Å²) in [7, 11) is 2.14. The summed E-state index contributed by atoms with van der Waals surface area (Å²) in [6, 6.07) is 14.5. The number of halogens is 2. The monoisotopic (exact) mass is 632 g/mol. The number of hydrazine groups is 2. The van der Waals surface area contributed by atoms with Gasteiger partial charge in [-0.25, -0.2) is 0 Å². The van der Waals surface area contributed by atoms with E-state index >= 15 is 0 Å². The summed E-state index contributed by atoms with van der Waals surface area (Å²) in [6.45, 7) is 16.1. The third kappa shape index (κ3) is 6.89. The second kappa shape index (κ2) is 12.3. The van der Waals surface area contributed by atoms with Gasteiger partial charge in [0.05, 0.1) is 32.9 Å². The van der Waals surface area contributed by atoms with Crippen molar-refractivity contribution in [2.75, 3.05) is 30.3 Å². The molecule has 0 spiro atoms. The summed E-state index contributed by atoms with van der Waals surface area (Å²) in [5.74, 6) is 0. The van der Waals surface area contributed by atoms with Crippen molar-refractivity contribution in [2.24, 2.45) is 5.41 Å². The van der Waals surface area contributed by atoms with Crippen molar-refractivity contribution < 1.29 is 0 Å². The Labute approximate surface area is 272 Å². The average Bonchev–Trinajstić information content (AvgIpc) is 3.46. The molecular weight excluding hydrogens is 590 g/mol. The molecule has 8 nitrogen and oxygen atoms in total. The molecule has 44 heavy (non-hydrogen) atoms. The molecule has 1 fully saturated rings. The van der Waals surface area contributed by atoms with Crippen LogP contribution < -0.4 is 21.6 Å². The Hall–Kier alpha value is -3.16. The topological polar surface area (TPSA) is 91.3 Å². The molecule has 0 saturated carbocycles. The molecule has 1 unspecified atom stereocenters. The van der Waals surface area contributed by atoms with Crippen LogP contribution in [0.3, 0.4) is 0 Å². The van der Waals surface area contributed by atoms with Crippen molar-refractivity contribution in [3.8, 4) is 6.07 Å². The summed E-state index contributed by atoms with van der Waals surface area (Å²) >= 11 is 13.2. The molecule has 0 aliphatic carbocycles. The molecule has 2 aromatic carbocycles. The fourth-order valence-electron chi connectivity index (χ4n) is 5.92. The minimum atomic E-state index is -0.686. The minimum Gasteiger partial charge on any atom is -0.383 e. The molecule has 232 valence electrons. The quantitative estimate of drug-likeness (QED) is 0.229. The Morgan fingerprint density at radius 3 is 2.36 bits per heavy atom. The predicted octanol–water partition coefficient (Wildman–Crippen LogP) is 6.20. The Kier molecular flexibility index (Phi) is 9.03. The first kappa shape index (κ1) is 32.2. The Bertz CT molecular complexity index is 1580. The lowest BCUT2D eigenvalue weighted by Gasteiger charge is -2.42. The zero-order valence-electron chi connectivity index (χ0n) is 26.8. The number of aromatic nitrogens is 1. The van der Waals surface area contributed by atoms with Gasteiger partial charge in [-0.1, -0.05) is 56.1 Å². The second-order valence-corrected chi connectivity index (χ2v) is 15.1. The van der Waals surface area contributed by atoms with Gasteiger partial charge in [0.2, 0.25) is 0 Å². The summed E-state index contributed by atoms with van der Waals surface area (Å²) in [6.07, 6.45) is 5.90. The maximum Gasteiger partial charge on any atom is 0.148 e. The van der Waals surface area contributed by atoms with Gasteiger partial charge in [-0.2, -0.15) is 5.26 Å². The Balaban J connectivity index is 1.51. The van der Waals surface area contributed by atoms with Crippen LogP contribution in [0.15, 0.2) is 54.5 Å². The molecule has 0 amide bonds. The predicted molar refractivity (Wildman–Crippen MR) is 185 cm³/mol. The maximum absolute atomic E-state index is 9.91. The number of hydrogen-bond acceptors (Lipinski definition) is 8. The summed E-state index contributed by atoms with van der Waals surface area (Å²) < 4.78 is 0. The fourth-order valence-corrected chi connectivity index (χ4v) is 6.32. The highest BCUT2D eigenvalue weighted by Crippen LogP contribution is 2.38. The van der Waals surface area contributed by atoms with E-state index in [0.717, 1.165) is 54.0 Å². The van der Waals surface area contributed by atoms with E-state index in [0.29, 0.717) is 33.7 Å². The maximum atomic E-state index is 9.91. The van der Waals surface area contributed by atoms with E-state index in [1.807, 2.05) is 36.4 Å². The molecule has 2 aliphatic rings. The van der Waals surface area contributed by atoms with Gasteiger partial charge in [0, 0.05) is 59.7 Å². The first-order valence-corrected chi connectivity index (χ1v) is 16.0. The lowest BCUT2D eigenvalue weighted by Crippen LogP contribution is -2.53. The highest BCUT2D eigenvalue weighted by Gasteiger charge is 2.37. The van der Waals surface area contributed by atoms with E-state index in [9.17, 15) is 5.26 Å². The fraction of sp³-hybridized carbons (Fsp3) is 0.455. The lowest BCUT2D eigenvalue weighted by atomic mass is 9.69. The third-order valence-corrected chi connectivity index (χ3v) is 9.13. The molecule has 4 N–H and O–H groups in total. The number of rotatable bonds is 7. The van der Waals surface area contributed by atoms with Crippen LogP contribution >= 0.6 is 23.2 Å². The van der Waals surface area contributed by atoms with Crippen LogP contribution in [-0.4, -0.2) is 54.0 Å². The average molecular weight is 633 g/mol. The van der Waals surface area contributed by atoms with Gasteiger partial charge in [-0.3, -0.25) is 14.9 Å². The molecule has 1 aromatic heterocycles. The second-order valence-electron chi connectivity index (χ2n) is 14.3. The summed E-state index contributed by atoms with van der Waals surface area (Å²) in [5.41, 5.74) is 11.0. The van der Waals surface area contributed by atoms with Crippen LogP contribution in [0.5, 0.6) is 0 Å². The van der Waals surface area contributed by atoms with Crippen molar-refractivity contribution in [1.82, 2.24) is 25.9 Å². The van der Waals surface area contributed by atoms with Gasteiger partial charge in [0.1, 0.15) is 13.9 Å². The summed E-state index contributed by atoms with van der Waals surface area (Å²) in [5, 5.41) is 21.4. The highest BCUT2D eigenvalue weighted by atomic mass is 35.5. The van der Waals surface area contributed by atoms with E-state index in [2.05, 4.69) is 98.1 Å². The van der Waals surface area contributed by atoms with E-state index in [1.54, 1.807) is 6.20 Å². The van der Waals surface area contributed by atoms with E-state index < -0.39 is 5.44 Å². The van der Waals surface area contributed by atoms with Gasteiger partial charge in [0.15, 0.2) is 0 Å². The molecule has 5 rings (SSSR count). The molecule has 1 atom stereocenters. The van der Waals surface area contributed by atoms with Gasteiger partial charge in [0.25, 0.3) is 0 Å². The first-order chi connectivity index (χ1) is 20.7. The Morgan fingerprint density at radius 2 is 1.75 bits per heavy atom. The van der Waals surface area contributed by atoms with Crippen LogP contribution in [0.4, 0.5) is 11.4 Å². The molecule has 1 saturated heterocycles. The zero-order chi connectivity index (χ0) is 31.9. The van der Waals surface area contributed by atoms with Crippen LogP contribution in [0, 0.1) is 16.7 Å². The van der Waals surface area contributed by atoms with E-state index in [4.69, 9.17) is 23.2 Å². The number of hydrogen-bond donors (Lipinski definition) is 4. The molecule has 3 aromatic rings. The zero-order valence-corrected chi connectivity index (χ0v) is 28.3. The highest BCUT2D eigenvalue weighted by molar-refractivity contribution is 6.36. The lowest BCUT2D eigenvalue weighted by molar-refractivity contribution is 0.0570. The number of nitrogens with one attached hydrogen (secondary N) is 4. The number of nitriles is 1. The van der Waals surface area contributed by atoms with Gasteiger partial charge >= 0.3 is 0 Å². The molecular formula is C33H43BCl2N8. The van der Waals surface area contributed by atoms with Gasteiger partial charge in [-0.15, -0.1) is 5.53 Å². The molecule has 0 bridgehead atoms. The van der Waals surface area contributed by atoms with Crippen LogP contribution in [0.25, 0.3) is 10.9 Å². The number of fused-ring (bicyclic) bond motifs is 1. The van der Waals surface area contributed by atoms with Crippen LogP contribution in [-0.2, 0) is 5.44 Å². The number of likely N-dealkylation sites (tertiary alicyclic amines) is 1. The van der Waals surface area contributed by atoms with Crippen molar-refractivity contribution in [3.05, 3.63) is 75.7 Å².